The normalized spacial score (nSPS) is 16.1. The minimum absolute atomic E-state index is 0.782. The van der Waals surface area contributed by atoms with E-state index in [1.165, 1.54) is 5.56 Å². The highest BCUT2D eigenvalue weighted by Crippen LogP contribution is 2.25. The van der Waals surface area contributed by atoms with Crippen molar-refractivity contribution < 1.29 is 4.52 Å². The molecule has 132 valence electrons. The molecule has 1 saturated heterocycles. The van der Waals surface area contributed by atoms with Gasteiger partial charge in [0.1, 0.15) is 17.4 Å². The number of hydrogen-bond acceptors (Lipinski definition) is 7. The smallest absolute Gasteiger partial charge is 0.163 e. The molecule has 0 radical (unpaired) electrons. The minimum atomic E-state index is 0.782. The number of hydrogen-bond donors (Lipinski definition) is 0. The van der Waals surface area contributed by atoms with Crippen LogP contribution in [0.4, 0.5) is 5.82 Å². The Morgan fingerprint density at radius 2 is 1.84 bits per heavy atom. The molecule has 0 unspecified atom stereocenters. The highest BCUT2D eigenvalue weighted by Gasteiger charge is 2.23. The van der Waals surface area contributed by atoms with Crippen molar-refractivity contribution in [3.05, 3.63) is 29.0 Å². The molecule has 4 heterocycles. The second-order valence-electron chi connectivity index (χ2n) is 6.67. The van der Waals surface area contributed by atoms with Crippen molar-refractivity contribution >= 4 is 16.9 Å². The molecule has 0 spiro atoms. The summed E-state index contributed by atoms with van der Waals surface area (Å²) in [7, 11) is 1.92. The molecule has 4 rings (SSSR count). The van der Waals surface area contributed by atoms with Crippen LogP contribution in [0.25, 0.3) is 11.0 Å². The van der Waals surface area contributed by atoms with Crippen LogP contribution in [-0.2, 0) is 13.6 Å². The Hall–Kier alpha value is -2.48. The molecule has 0 aromatic carbocycles. The van der Waals surface area contributed by atoms with Crippen LogP contribution in [0, 0.1) is 20.8 Å². The quantitative estimate of drug-likeness (QED) is 0.716. The summed E-state index contributed by atoms with van der Waals surface area (Å²) in [4.78, 5) is 14.0. The van der Waals surface area contributed by atoms with Crippen molar-refractivity contribution in [3.63, 3.8) is 0 Å². The Balaban J connectivity index is 1.51. The predicted octanol–water partition coefficient (Wildman–Crippen LogP) is 1.60. The Morgan fingerprint density at radius 3 is 2.52 bits per heavy atom. The van der Waals surface area contributed by atoms with E-state index in [0.29, 0.717) is 0 Å². The summed E-state index contributed by atoms with van der Waals surface area (Å²) in [5, 5.41) is 9.41. The Kier molecular flexibility index (Phi) is 3.91. The summed E-state index contributed by atoms with van der Waals surface area (Å²) in [6.45, 7) is 10.6. The van der Waals surface area contributed by atoms with Gasteiger partial charge in [-0.05, 0) is 20.8 Å². The first-order valence-electron chi connectivity index (χ1n) is 8.58. The van der Waals surface area contributed by atoms with Crippen LogP contribution in [0.2, 0.25) is 0 Å². The fraction of sp³-hybridized carbons (Fsp3) is 0.529. The number of nitrogens with zero attached hydrogens (tertiary/aromatic N) is 7. The molecule has 25 heavy (non-hydrogen) atoms. The summed E-state index contributed by atoms with van der Waals surface area (Å²) in [5.74, 6) is 2.69. The van der Waals surface area contributed by atoms with Gasteiger partial charge in [-0.15, -0.1) is 0 Å². The molecule has 8 nitrogen and oxygen atoms in total. The van der Waals surface area contributed by atoms with Gasteiger partial charge in [0.05, 0.1) is 17.3 Å². The average Bonchev–Trinajstić information content (AvgIpc) is 3.12. The second kappa shape index (κ2) is 6.11. The van der Waals surface area contributed by atoms with E-state index >= 15 is 0 Å². The zero-order chi connectivity index (χ0) is 17.6. The third-order valence-corrected chi connectivity index (χ3v) is 4.92. The molecular formula is C17H23N7O. The second-order valence-corrected chi connectivity index (χ2v) is 6.67. The fourth-order valence-corrected chi connectivity index (χ4v) is 3.42. The monoisotopic (exact) mass is 341 g/mol. The molecule has 1 aliphatic heterocycles. The van der Waals surface area contributed by atoms with E-state index in [0.717, 1.165) is 66.9 Å². The molecule has 3 aromatic rings. The zero-order valence-corrected chi connectivity index (χ0v) is 15.2. The van der Waals surface area contributed by atoms with Gasteiger partial charge in [-0.2, -0.15) is 5.10 Å². The van der Waals surface area contributed by atoms with Gasteiger partial charge in [0.15, 0.2) is 5.65 Å². The minimum Gasteiger partial charge on any atom is -0.361 e. The largest absolute Gasteiger partial charge is 0.361 e. The van der Waals surface area contributed by atoms with Gasteiger partial charge in [-0.3, -0.25) is 9.58 Å². The van der Waals surface area contributed by atoms with Crippen LogP contribution in [0.3, 0.4) is 0 Å². The number of fused-ring (bicyclic) bond motifs is 1. The molecule has 0 bridgehead atoms. The van der Waals surface area contributed by atoms with E-state index in [4.69, 9.17) is 4.52 Å². The molecular weight excluding hydrogens is 318 g/mol. The van der Waals surface area contributed by atoms with Crippen molar-refractivity contribution in [1.29, 1.82) is 0 Å². The molecule has 3 aromatic heterocycles. The van der Waals surface area contributed by atoms with E-state index in [1.807, 2.05) is 34.0 Å². The third kappa shape index (κ3) is 2.86. The number of aromatic nitrogens is 5. The molecule has 1 aliphatic rings. The number of aryl methyl sites for hydroxylation is 4. The van der Waals surface area contributed by atoms with Crippen LogP contribution in [-0.4, -0.2) is 56.0 Å². The average molecular weight is 341 g/mol. The third-order valence-electron chi connectivity index (χ3n) is 4.92. The molecule has 0 N–H and O–H groups in total. The molecule has 8 heteroatoms. The summed E-state index contributed by atoms with van der Waals surface area (Å²) >= 11 is 0. The topological polar surface area (TPSA) is 76.1 Å². The van der Waals surface area contributed by atoms with E-state index in [1.54, 1.807) is 4.68 Å². The summed E-state index contributed by atoms with van der Waals surface area (Å²) < 4.78 is 7.08. The standard InChI is InChI=1S/C17H23N7O/c1-11-15(12(2)25-21-11)10-23-5-7-24(8-6-23)17-14-9-18-22(4)16(14)19-13(3)20-17/h9H,5-8,10H2,1-4H3. The zero-order valence-electron chi connectivity index (χ0n) is 15.2. The first-order valence-corrected chi connectivity index (χ1v) is 8.58. The van der Waals surface area contributed by atoms with Gasteiger partial charge < -0.3 is 9.42 Å². The number of rotatable bonds is 3. The number of piperazine rings is 1. The molecule has 1 fully saturated rings. The lowest BCUT2D eigenvalue weighted by Gasteiger charge is -2.35. The van der Waals surface area contributed by atoms with Gasteiger partial charge in [0.25, 0.3) is 0 Å². The highest BCUT2D eigenvalue weighted by molar-refractivity contribution is 5.87. The maximum absolute atomic E-state index is 5.28. The summed E-state index contributed by atoms with van der Waals surface area (Å²) in [5.41, 5.74) is 3.09. The molecule has 0 saturated carbocycles. The van der Waals surface area contributed by atoms with Crippen LogP contribution >= 0.6 is 0 Å². The molecule has 0 amide bonds. The van der Waals surface area contributed by atoms with E-state index in [-0.39, 0.29) is 0 Å². The lowest BCUT2D eigenvalue weighted by Crippen LogP contribution is -2.46. The van der Waals surface area contributed by atoms with E-state index < -0.39 is 0 Å². The number of anilines is 1. The van der Waals surface area contributed by atoms with Crippen molar-refractivity contribution in [2.45, 2.75) is 27.3 Å². The molecule has 0 atom stereocenters. The van der Waals surface area contributed by atoms with E-state index in [2.05, 4.69) is 30.0 Å². The van der Waals surface area contributed by atoms with Crippen LogP contribution in [0.1, 0.15) is 22.8 Å². The van der Waals surface area contributed by atoms with Crippen molar-refractivity contribution in [3.8, 4) is 0 Å². The van der Waals surface area contributed by atoms with Crippen molar-refractivity contribution in [1.82, 2.24) is 29.8 Å². The maximum atomic E-state index is 5.28. The lowest BCUT2D eigenvalue weighted by molar-refractivity contribution is 0.247. The maximum Gasteiger partial charge on any atom is 0.163 e. The lowest BCUT2D eigenvalue weighted by atomic mass is 10.1. The van der Waals surface area contributed by atoms with Crippen molar-refractivity contribution in [2.75, 3.05) is 31.1 Å². The first kappa shape index (κ1) is 16.0. The Bertz CT molecular complexity index is 886. The fourth-order valence-electron chi connectivity index (χ4n) is 3.42. The van der Waals surface area contributed by atoms with Gasteiger partial charge in [0.2, 0.25) is 0 Å². The predicted molar refractivity (Wildman–Crippen MR) is 94.5 cm³/mol. The Morgan fingerprint density at radius 1 is 1.08 bits per heavy atom. The van der Waals surface area contributed by atoms with Gasteiger partial charge in [-0.1, -0.05) is 5.16 Å². The van der Waals surface area contributed by atoms with Crippen LogP contribution < -0.4 is 4.90 Å². The van der Waals surface area contributed by atoms with Gasteiger partial charge in [0, 0.05) is 45.3 Å². The van der Waals surface area contributed by atoms with Crippen LogP contribution in [0.15, 0.2) is 10.7 Å². The first-order chi connectivity index (χ1) is 12.0. The SMILES string of the molecule is Cc1nc(N2CCN(Cc3c(C)noc3C)CC2)c2cnn(C)c2n1. The summed E-state index contributed by atoms with van der Waals surface area (Å²) in [6, 6.07) is 0. The Labute approximate surface area is 146 Å². The van der Waals surface area contributed by atoms with Gasteiger partial charge in [-0.25, -0.2) is 9.97 Å². The van der Waals surface area contributed by atoms with Crippen LogP contribution in [0.5, 0.6) is 0 Å². The highest BCUT2D eigenvalue weighted by atomic mass is 16.5. The van der Waals surface area contributed by atoms with E-state index in [9.17, 15) is 0 Å². The van der Waals surface area contributed by atoms with Crippen molar-refractivity contribution in [2.24, 2.45) is 7.05 Å². The molecule has 0 aliphatic carbocycles. The van der Waals surface area contributed by atoms with Gasteiger partial charge >= 0.3 is 0 Å². The summed E-state index contributed by atoms with van der Waals surface area (Å²) in [6.07, 6.45) is 1.86.